The first kappa shape index (κ1) is 22.8. The Morgan fingerprint density at radius 2 is 1.67 bits per heavy atom. The molecule has 2 heterocycles. The highest BCUT2D eigenvalue weighted by molar-refractivity contribution is 5.90. The van der Waals surface area contributed by atoms with Crippen LogP contribution in [-0.4, -0.2) is 47.1 Å². The fourth-order valence-electron chi connectivity index (χ4n) is 4.41. The number of piperazine rings is 1. The van der Waals surface area contributed by atoms with E-state index >= 15 is 0 Å². The highest BCUT2D eigenvalue weighted by Gasteiger charge is 2.25. The molecular weight excluding hydrogens is 410 g/mol. The minimum Gasteiger partial charge on any atom is -0.353 e. The zero-order valence-electron chi connectivity index (χ0n) is 20.3. The zero-order chi connectivity index (χ0) is 23.5. The van der Waals surface area contributed by atoms with Crippen LogP contribution in [0.5, 0.6) is 0 Å². The first-order chi connectivity index (χ1) is 15.8. The summed E-state index contributed by atoms with van der Waals surface area (Å²) in [6, 6.07) is 14.5. The topological polar surface area (TPSA) is 61.4 Å². The molecule has 1 aliphatic rings. The Morgan fingerprint density at radius 3 is 2.39 bits per heavy atom. The largest absolute Gasteiger partial charge is 0.353 e. The number of amides is 2. The van der Waals surface area contributed by atoms with Crippen LogP contribution in [0.4, 0.5) is 16.3 Å². The van der Waals surface area contributed by atoms with Gasteiger partial charge in [0.1, 0.15) is 11.6 Å². The second-order valence-corrected chi connectivity index (χ2v) is 8.98. The molecule has 172 valence electrons. The van der Waals surface area contributed by atoms with E-state index in [0.717, 1.165) is 48.1 Å². The maximum Gasteiger partial charge on any atom is 0.321 e. The predicted molar refractivity (Wildman–Crippen MR) is 134 cm³/mol. The van der Waals surface area contributed by atoms with E-state index in [-0.39, 0.29) is 6.03 Å². The molecule has 2 amide bonds. The maximum absolute atomic E-state index is 12.9. The molecular formula is C27H33N5O. The molecule has 0 saturated carbocycles. The van der Waals surface area contributed by atoms with Crippen LogP contribution in [0.2, 0.25) is 0 Å². The average Bonchev–Trinajstić information content (AvgIpc) is 2.79. The molecule has 0 atom stereocenters. The third-order valence-corrected chi connectivity index (χ3v) is 6.48. The number of nitrogens with one attached hydrogen (secondary N) is 1. The van der Waals surface area contributed by atoms with Crippen LogP contribution in [0.3, 0.4) is 0 Å². The van der Waals surface area contributed by atoms with E-state index in [1.165, 1.54) is 22.3 Å². The number of hydrogen-bond acceptors (Lipinski definition) is 4. The first-order valence-corrected chi connectivity index (χ1v) is 11.6. The number of aryl methyl sites for hydroxylation is 4. The maximum atomic E-state index is 12.9. The van der Waals surface area contributed by atoms with Crippen molar-refractivity contribution in [1.29, 1.82) is 0 Å². The van der Waals surface area contributed by atoms with Crippen molar-refractivity contribution in [3.8, 4) is 0 Å². The van der Waals surface area contributed by atoms with E-state index in [1.807, 2.05) is 30.9 Å². The van der Waals surface area contributed by atoms with E-state index in [0.29, 0.717) is 13.1 Å². The number of nitrogens with zero attached hydrogens (tertiary/aromatic N) is 4. The van der Waals surface area contributed by atoms with E-state index < -0.39 is 0 Å². The Balaban J connectivity index is 1.48. The van der Waals surface area contributed by atoms with E-state index in [9.17, 15) is 4.79 Å². The van der Waals surface area contributed by atoms with Crippen molar-refractivity contribution in [2.45, 2.75) is 41.0 Å². The molecule has 0 bridgehead atoms. The van der Waals surface area contributed by atoms with Crippen molar-refractivity contribution < 1.29 is 4.79 Å². The molecule has 6 nitrogen and oxygen atoms in total. The molecule has 3 aromatic rings. The molecule has 33 heavy (non-hydrogen) atoms. The van der Waals surface area contributed by atoms with Gasteiger partial charge in [-0.1, -0.05) is 42.0 Å². The average molecular weight is 444 g/mol. The highest BCUT2D eigenvalue weighted by Crippen LogP contribution is 2.26. The zero-order valence-corrected chi connectivity index (χ0v) is 20.3. The van der Waals surface area contributed by atoms with Gasteiger partial charge in [0.15, 0.2) is 0 Å². The van der Waals surface area contributed by atoms with Gasteiger partial charge >= 0.3 is 6.03 Å². The standard InChI is InChI=1S/C27H33N5O/c1-18-8-6-10-23(16-18)17-24-21(4)28-22(5)29-26(24)31-12-14-32(15-13-31)27(33)30-25-11-7-9-19(2)20(25)3/h6-11,16H,12-15,17H2,1-5H3,(H,30,33). The minimum absolute atomic E-state index is 0.0432. The van der Waals surface area contributed by atoms with Crippen LogP contribution < -0.4 is 10.2 Å². The van der Waals surface area contributed by atoms with Gasteiger partial charge in [0.05, 0.1) is 0 Å². The molecule has 1 saturated heterocycles. The monoisotopic (exact) mass is 443 g/mol. The summed E-state index contributed by atoms with van der Waals surface area (Å²) in [5.74, 6) is 1.78. The van der Waals surface area contributed by atoms with E-state index in [1.54, 1.807) is 0 Å². The van der Waals surface area contributed by atoms with Crippen LogP contribution >= 0.6 is 0 Å². The lowest BCUT2D eigenvalue weighted by Gasteiger charge is -2.36. The van der Waals surface area contributed by atoms with Crippen LogP contribution in [0, 0.1) is 34.6 Å². The van der Waals surface area contributed by atoms with E-state index in [4.69, 9.17) is 4.98 Å². The fourth-order valence-corrected chi connectivity index (χ4v) is 4.41. The smallest absolute Gasteiger partial charge is 0.321 e. The molecule has 0 spiro atoms. The van der Waals surface area contributed by atoms with Crippen LogP contribution in [0.25, 0.3) is 0 Å². The summed E-state index contributed by atoms with van der Waals surface area (Å²) < 4.78 is 0. The lowest BCUT2D eigenvalue weighted by atomic mass is 10.0. The summed E-state index contributed by atoms with van der Waals surface area (Å²) >= 11 is 0. The predicted octanol–water partition coefficient (Wildman–Crippen LogP) is 4.96. The number of carbonyl (C=O) groups excluding carboxylic acids is 1. The van der Waals surface area contributed by atoms with Crippen molar-refractivity contribution in [3.05, 3.63) is 81.8 Å². The van der Waals surface area contributed by atoms with Crippen molar-refractivity contribution in [2.75, 3.05) is 36.4 Å². The lowest BCUT2D eigenvalue weighted by molar-refractivity contribution is 0.208. The molecule has 1 fully saturated rings. The molecule has 0 unspecified atom stereocenters. The van der Waals surface area contributed by atoms with E-state index in [2.05, 4.69) is 66.3 Å². The van der Waals surface area contributed by atoms with Gasteiger partial charge in [0.2, 0.25) is 0 Å². The van der Waals surface area contributed by atoms with Crippen molar-refractivity contribution in [1.82, 2.24) is 14.9 Å². The van der Waals surface area contributed by atoms with Gasteiger partial charge in [-0.15, -0.1) is 0 Å². The van der Waals surface area contributed by atoms with Crippen LogP contribution in [0.15, 0.2) is 42.5 Å². The third kappa shape index (κ3) is 5.16. The van der Waals surface area contributed by atoms with Gasteiger partial charge in [-0.25, -0.2) is 14.8 Å². The summed E-state index contributed by atoms with van der Waals surface area (Å²) in [6.07, 6.45) is 0.802. The number of anilines is 2. The molecule has 0 aliphatic carbocycles. The summed E-state index contributed by atoms with van der Waals surface area (Å²) in [6.45, 7) is 13.0. The number of aromatic nitrogens is 2. The van der Waals surface area contributed by atoms with Gasteiger partial charge in [-0.2, -0.15) is 0 Å². The lowest BCUT2D eigenvalue weighted by Crippen LogP contribution is -2.50. The molecule has 6 heteroatoms. The number of urea groups is 1. The Kier molecular flexibility index (Phi) is 6.63. The van der Waals surface area contributed by atoms with Crippen LogP contribution in [-0.2, 0) is 6.42 Å². The van der Waals surface area contributed by atoms with Crippen molar-refractivity contribution in [2.24, 2.45) is 0 Å². The number of benzene rings is 2. The normalized spacial score (nSPS) is 13.8. The molecule has 1 aromatic heterocycles. The van der Waals surface area contributed by atoms with Crippen LogP contribution in [0.1, 0.15) is 39.3 Å². The Morgan fingerprint density at radius 1 is 0.939 bits per heavy atom. The van der Waals surface area contributed by atoms with Gasteiger partial charge in [0, 0.05) is 49.5 Å². The van der Waals surface area contributed by atoms with Gasteiger partial charge in [0.25, 0.3) is 0 Å². The summed E-state index contributed by atoms with van der Waals surface area (Å²) in [7, 11) is 0. The second-order valence-electron chi connectivity index (χ2n) is 8.98. The summed E-state index contributed by atoms with van der Waals surface area (Å²) in [4.78, 5) is 26.6. The van der Waals surface area contributed by atoms with Crippen molar-refractivity contribution in [3.63, 3.8) is 0 Å². The number of rotatable bonds is 4. The minimum atomic E-state index is -0.0432. The molecule has 1 aliphatic heterocycles. The van der Waals surface area contributed by atoms with Crippen molar-refractivity contribution >= 4 is 17.5 Å². The number of carbonyl (C=O) groups is 1. The Labute approximate surface area is 196 Å². The molecule has 0 radical (unpaired) electrons. The Bertz CT molecular complexity index is 1170. The summed E-state index contributed by atoms with van der Waals surface area (Å²) in [5, 5.41) is 3.09. The quantitative estimate of drug-likeness (QED) is 0.619. The van der Waals surface area contributed by atoms with Gasteiger partial charge < -0.3 is 15.1 Å². The summed E-state index contributed by atoms with van der Waals surface area (Å²) in [5.41, 5.74) is 7.87. The highest BCUT2D eigenvalue weighted by atomic mass is 16.2. The Hall–Kier alpha value is -3.41. The first-order valence-electron chi connectivity index (χ1n) is 11.6. The third-order valence-electron chi connectivity index (χ3n) is 6.48. The molecule has 2 aromatic carbocycles. The fraction of sp³-hybridized carbons (Fsp3) is 0.370. The molecule has 4 rings (SSSR count). The van der Waals surface area contributed by atoms with Gasteiger partial charge in [-0.3, -0.25) is 0 Å². The molecule has 1 N–H and O–H groups in total. The number of hydrogen-bond donors (Lipinski definition) is 1. The van der Waals surface area contributed by atoms with Gasteiger partial charge in [-0.05, 0) is 57.4 Å². The second kappa shape index (κ2) is 9.61. The SMILES string of the molecule is Cc1cccc(Cc2c(C)nc(C)nc2N2CCN(C(=O)Nc3cccc(C)c3C)CC2)c1.